The first-order valence-electron chi connectivity index (χ1n) is 9.99. The van der Waals surface area contributed by atoms with Gasteiger partial charge in [0.1, 0.15) is 6.29 Å². The normalized spacial score (nSPS) is 13.9. The van der Waals surface area contributed by atoms with Gasteiger partial charge in [-0.3, -0.25) is 4.79 Å². The van der Waals surface area contributed by atoms with Gasteiger partial charge in [-0.2, -0.15) is 0 Å². The molecular weight excluding hydrogens is 360 g/mol. The summed E-state index contributed by atoms with van der Waals surface area (Å²) >= 11 is 0. The Morgan fingerprint density at radius 1 is 0.893 bits per heavy atom. The van der Waals surface area contributed by atoms with E-state index in [-0.39, 0.29) is 5.04 Å². The average molecular weight is 393 g/mol. The van der Waals surface area contributed by atoms with E-state index in [1.807, 2.05) is 6.08 Å². The fourth-order valence-corrected chi connectivity index (χ4v) is 8.25. The predicted molar refractivity (Wildman–Crippen MR) is 122 cm³/mol. The SMILES string of the molecule is CC[C@@H](/C=C/C=C/C=O)CO[Si](c1ccccc1)(c1ccccc1)C(C)(C)C. The molecule has 148 valence electrons. The summed E-state index contributed by atoms with van der Waals surface area (Å²) in [6.07, 6.45) is 9.15. The molecule has 2 rings (SSSR count). The molecule has 0 spiro atoms. The highest BCUT2D eigenvalue weighted by molar-refractivity contribution is 6.99. The van der Waals surface area contributed by atoms with Gasteiger partial charge in [0.15, 0.2) is 0 Å². The van der Waals surface area contributed by atoms with Crippen molar-refractivity contribution in [3.05, 3.63) is 85.0 Å². The van der Waals surface area contributed by atoms with Crippen molar-refractivity contribution in [3.63, 3.8) is 0 Å². The van der Waals surface area contributed by atoms with Gasteiger partial charge in [0.25, 0.3) is 8.32 Å². The molecule has 0 aromatic heterocycles. The molecule has 0 saturated carbocycles. The van der Waals surface area contributed by atoms with Crippen molar-refractivity contribution in [1.29, 1.82) is 0 Å². The fourth-order valence-electron chi connectivity index (χ4n) is 3.63. The van der Waals surface area contributed by atoms with E-state index in [0.717, 1.165) is 12.7 Å². The van der Waals surface area contributed by atoms with E-state index in [2.05, 4.69) is 94.4 Å². The Balaban J connectivity index is 2.45. The van der Waals surface area contributed by atoms with Gasteiger partial charge < -0.3 is 4.43 Å². The zero-order valence-electron chi connectivity index (χ0n) is 17.5. The molecule has 2 nitrogen and oxygen atoms in total. The molecular formula is C25H32O2Si. The van der Waals surface area contributed by atoms with E-state index in [1.54, 1.807) is 6.08 Å². The van der Waals surface area contributed by atoms with Crippen LogP contribution in [0.25, 0.3) is 0 Å². The molecule has 0 unspecified atom stereocenters. The van der Waals surface area contributed by atoms with Crippen LogP contribution in [0.1, 0.15) is 34.1 Å². The second-order valence-electron chi connectivity index (χ2n) is 8.05. The lowest BCUT2D eigenvalue weighted by Crippen LogP contribution is -2.66. The minimum atomic E-state index is -2.49. The monoisotopic (exact) mass is 392 g/mol. The highest BCUT2D eigenvalue weighted by Crippen LogP contribution is 2.37. The molecule has 0 aliphatic carbocycles. The molecule has 0 radical (unpaired) electrons. The Bertz CT molecular complexity index is 734. The molecule has 28 heavy (non-hydrogen) atoms. The topological polar surface area (TPSA) is 26.3 Å². The number of aldehydes is 1. The standard InChI is InChI=1S/C25H32O2Si/c1-5-22(15-9-8-14-20-26)21-27-28(25(2,3)4,23-16-10-6-11-17-23)24-18-12-7-13-19-24/h6-20,22H,5,21H2,1-4H3/b14-8+,15-9+/t22-/m0/s1. The van der Waals surface area contributed by atoms with Crippen LogP contribution >= 0.6 is 0 Å². The minimum absolute atomic E-state index is 0.0187. The third-order valence-electron chi connectivity index (χ3n) is 5.14. The van der Waals surface area contributed by atoms with Gasteiger partial charge in [-0.05, 0) is 33.8 Å². The van der Waals surface area contributed by atoms with Gasteiger partial charge in [0, 0.05) is 6.61 Å². The van der Waals surface area contributed by atoms with Crippen LogP contribution in [-0.2, 0) is 9.22 Å². The van der Waals surface area contributed by atoms with E-state index >= 15 is 0 Å². The number of hydrogen-bond donors (Lipinski definition) is 0. The second-order valence-corrected chi connectivity index (χ2v) is 12.4. The number of rotatable bonds is 9. The lowest BCUT2D eigenvalue weighted by atomic mass is 10.1. The quantitative estimate of drug-likeness (QED) is 0.263. The van der Waals surface area contributed by atoms with E-state index in [4.69, 9.17) is 4.43 Å². The Morgan fingerprint density at radius 3 is 1.86 bits per heavy atom. The first-order chi connectivity index (χ1) is 13.5. The van der Waals surface area contributed by atoms with E-state index in [9.17, 15) is 4.79 Å². The highest BCUT2D eigenvalue weighted by atomic mass is 28.4. The summed E-state index contributed by atoms with van der Waals surface area (Å²) in [4.78, 5) is 10.5. The third kappa shape index (κ3) is 5.18. The Morgan fingerprint density at radius 2 is 1.43 bits per heavy atom. The molecule has 0 saturated heterocycles. The molecule has 2 aromatic carbocycles. The maximum atomic E-state index is 10.5. The summed E-state index contributed by atoms with van der Waals surface area (Å²) in [5.41, 5.74) is 0. The summed E-state index contributed by atoms with van der Waals surface area (Å²) in [7, 11) is -2.49. The summed E-state index contributed by atoms with van der Waals surface area (Å²) in [5.74, 6) is 0.304. The molecule has 3 heteroatoms. The van der Waals surface area contributed by atoms with Crippen molar-refractivity contribution in [1.82, 2.24) is 0 Å². The van der Waals surface area contributed by atoms with Crippen LogP contribution in [0.3, 0.4) is 0 Å². The van der Waals surface area contributed by atoms with Gasteiger partial charge in [0.05, 0.1) is 0 Å². The van der Waals surface area contributed by atoms with Crippen LogP contribution in [0.2, 0.25) is 5.04 Å². The lowest BCUT2D eigenvalue weighted by molar-refractivity contribution is -0.104. The zero-order chi connectivity index (χ0) is 20.5. The van der Waals surface area contributed by atoms with Gasteiger partial charge in [-0.15, -0.1) is 0 Å². The van der Waals surface area contributed by atoms with Crippen molar-refractivity contribution >= 4 is 25.0 Å². The highest BCUT2D eigenvalue weighted by Gasteiger charge is 2.50. The van der Waals surface area contributed by atoms with Crippen molar-refractivity contribution in [2.75, 3.05) is 6.61 Å². The van der Waals surface area contributed by atoms with Crippen molar-refractivity contribution in [3.8, 4) is 0 Å². The average Bonchev–Trinajstić information content (AvgIpc) is 2.70. The van der Waals surface area contributed by atoms with Crippen LogP contribution in [0.5, 0.6) is 0 Å². The number of hydrogen-bond acceptors (Lipinski definition) is 2. The molecule has 1 atom stereocenters. The van der Waals surface area contributed by atoms with Crippen LogP contribution < -0.4 is 10.4 Å². The molecule has 0 aliphatic rings. The summed E-state index contributed by atoms with van der Waals surface area (Å²) in [6, 6.07) is 21.4. The van der Waals surface area contributed by atoms with Gasteiger partial charge in [0.2, 0.25) is 0 Å². The first kappa shape index (κ1) is 22.1. The zero-order valence-corrected chi connectivity index (χ0v) is 18.5. The second kappa shape index (κ2) is 10.3. The molecule has 0 aliphatic heterocycles. The lowest BCUT2D eigenvalue weighted by Gasteiger charge is -2.43. The van der Waals surface area contributed by atoms with E-state index < -0.39 is 8.32 Å². The van der Waals surface area contributed by atoms with Crippen molar-refractivity contribution in [2.45, 2.75) is 39.2 Å². The minimum Gasteiger partial charge on any atom is -0.407 e. The van der Waals surface area contributed by atoms with Crippen molar-refractivity contribution < 1.29 is 9.22 Å². The molecule has 0 bridgehead atoms. The van der Waals surface area contributed by atoms with Crippen LogP contribution in [0.15, 0.2) is 85.0 Å². The predicted octanol–water partition coefficient (Wildman–Crippen LogP) is 4.90. The largest absolute Gasteiger partial charge is 0.407 e. The summed E-state index contributed by atoms with van der Waals surface area (Å²) < 4.78 is 6.97. The molecule has 0 fully saturated rings. The van der Waals surface area contributed by atoms with Crippen LogP contribution in [-0.4, -0.2) is 21.2 Å². The Kier molecular flexibility index (Phi) is 8.15. The molecule has 2 aromatic rings. The summed E-state index contributed by atoms with van der Waals surface area (Å²) in [6.45, 7) is 9.72. The maximum absolute atomic E-state index is 10.5. The number of allylic oxidation sites excluding steroid dienone is 3. The van der Waals surface area contributed by atoms with E-state index in [1.165, 1.54) is 16.4 Å². The number of carbonyl (C=O) groups excluding carboxylic acids is 1. The molecule has 0 N–H and O–H groups in total. The van der Waals surface area contributed by atoms with Crippen molar-refractivity contribution in [2.24, 2.45) is 5.92 Å². The van der Waals surface area contributed by atoms with Crippen LogP contribution in [0, 0.1) is 5.92 Å². The Hall–Kier alpha value is -2.23. The number of carbonyl (C=O) groups is 1. The maximum Gasteiger partial charge on any atom is 0.261 e. The summed E-state index contributed by atoms with van der Waals surface area (Å²) in [5, 5.41) is 2.58. The van der Waals surface area contributed by atoms with Gasteiger partial charge >= 0.3 is 0 Å². The van der Waals surface area contributed by atoms with Gasteiger partial charge in [-0.25, -0.2) is 0 Å². The first-order valence-corrected chi connectivity index (χ1v) is 11.9. The smallest absolute Gasteiger partial charge is 0.261 e. The number of benzene rings is 2. The molecule has 0 heterocycles. The van der Waals surface area contributed by atoms with Gasteiger partial charge in [-0.1, -0.05) is 107 Å². The Labute approximate surface area is 171 Å². The fraction of sp³-hybridized carbons (Fsp3) is 0.320. The van der Waals surface area contributed by atoms with E-state index in [0.29, 0.717) is 12.5 Å². The van der Waals surface area contributed by atoms with Crippen LogP contribution in [0.4, 0.5) is 0 Å². The third-order valence-corrected chi connectivity index (χ3v) is 10.1. The molecule has 0 amide bonds.